The van der Waals surface area contributed by atoms with Crippen LogP contribution in [0.2, 0.25) is 0 Å². The maximum absolute atomic E-state index is 12.7. The molecule has 0 aromatic heterocycles. The third-order valence-corrected chi connectivity index (χ3v) is 5.96. The Bertz CT molecular complexity index is 903. The molecule has 1 aliphatic carbocycles. The number of rotatable bonds is 3. The summed E-state index contributed by atoms with van der Waals surface area (Å²) in [6, 6.07) is 5.11. The van der Waals surface area contributed by atoms with Gasteiger partial charge < -0.3 is 5.32 Å². The summed E-state index contributed by atoms with van der Waals surface area (Å²) in [6.07, 6.45) is 3.66. The lowest BCUT2D eigenvalue weighted by atomic mass is 9.90. The van der Waals surface area contributed by atoms with E-state index in [1.807, 2.05) is 19.9 Å². The molecule has 1 aliphatic heterocycles. The summed E-state index contributed by atoms with van der Waals surface area (Å²) in [5.74, 6) is -1.16. The molecule has 0 atom stereocenters. The minimum absolute atomic E-state index is 0.0731. The molecule has 24 heavy (non-hydrogen) atoms. The molecule has 6 heteroatoms. The largest absolute Gasteiger partial charge is 0.380 e. The van der Waals surface area contributed by atoms with Crippen molar-refractivity contribution in [1.29, 1.82) is 0 Å². The van der Waals surface area contributed by atoms with Crippen molar-refractivity contribution < 1.29 is 18.0 Å². The van der Waals surface area contributed by atoms with E-state index < -0.39 is 21.4 Å². The van der Waals surface area contributed by atoms with Crippen molar-refractivity contribution in [3.05, 3.63) is 57.1 Å². The number of ketones is 2. The lowest BCUT2D eigenvalue weighted by Gasteiger charge is -2.25. The van der Waals surface area contributed by atoms with Crippen LogP contribution in [0.5, 0.6) is 0 Å². The third kappa shape index (κ3) is 2.82. The standard InChI is InChI=1S/C18H19NO4S/c1-11(2)4-3-5-12-6-7-13-14(10-12)17(21)18-15(16(13)20)19-8-9-24(18,22)23/h4,6-7,10,19H,3,5,8-9H2,1-2H3. The van der Waals surface area contributed by atoms with E-state index in [1.54, 1.807) is 12.1 Å². The first-order valence-electron chi connectivity index (χ1n) is 7.88. The predicted molar refractivity (Wildman–Crippen MR) is 91.7 cm³/mol. The second kappa shape index (κ2) is 6.02. The van der Waals surface area contributed by atoms with Gasteiger partial charge in [-0.05, 0) is 44.4 Å². The number of sulfone groups is 1. The number of Topliss-reactive ketones (excluding diaryl/α,β-unsaturated/α-hetero) is 2. The molecule has 1 N–H and O–H groups in total. The zero-order valence-corrected chi connectivity index (χ0v) is 14.5. The fraction of sp³-hybridized carbons (Fsp3) is 0.333. The molecule has 1 heterocycles. The molecule has 0 unspecified atom stereocenters. The second-order valence-electron chi connectivity index (χ2n) is 6.31. The first-order valence-corrected chi connectivity index (χ1v) is 9.53. The van der Waals surface area contributed by atoms with Gasteiger partial charge in [-0.15, -0.1) is 0 Å². The van der Waals surface area contributed by atoms with Crippen LogP contribution in [0.25, 0.3) is 0 Å². The minimum atomic E-state index is -3.71. The Balaban J connectivity index is 2.02. The van der Waals surface area contributed by atoms with Crippen LogP contribution >= 0.6 is 0 Å². The lowest BCUT2D eigenvalue weighted by Crippen LogP contribution is -2.40. The van der Waals surface area contributed by atoms with Gasteiger partial charge in [0.15, 0.2) is 9.84 Å². The summed E-state index contributed by atoms with van der Waals surface area (Å²) in [7, 11) is -3.71. The topological polar surface area (TPSA) is 80.3 Å². The first-order chi connectivity index (χ1) is 11.3. The smallest absolute Gasteiger partial charge is 0.211 e. The number of benzene rings is 1. The summed E-state index contributed by atoms with van der Waals surface area (Å²) < 4.78 is 24.5. The molecule has 0 fully saturated rings. The molecular weight excluding hydrogens is 326 g/mol. The van der Waals surface area contributed by atoms with Gasteiger partial charge in [0.2, 0.25) is 11.6 Å². The van der Waals surface area contributed by atoms with Crippen LogP contribution in [0.4, 0.5) is 0 Å². The Morgan fingerprint density at radius 2 is 1.92 bits per heavy atom. The highest BCUT2D eigenvalue weighted by Gasteiger charge is 2.41. The average molecular weight is 345 g/mol. The zero-order chi connectivity index (χ0) is 17.5. The van der Waals surface area contributed by atoms with Crippen LogP contribution in [0.3, 0.4) is 0 Å². The van der Waals surface area contributed by atoms with Crippen LogP contribution in [0, 0.1) is 0 Å². The highest BCUT2D eigenvalue weighted by molar-refractivity contribution is 7.96. The van der Waals surface area contributed by atoms with Crippen molar-refractivity contribution in [2.24, 2.45) is 0 Å². The van der Waals surface area contributed by atoms with E-state index in [9.17, 15) is 18.0 Å². The number of carbonyl (C=O) groups is 2. The number of aryl methyl sites for hydroxylation is 1. The van der Waals surface area contributed by atoms with Gasteiger partial charge in [-0.25, -0.2) is 8.42 Å². The van der Waals surface area contributed by atoms with Crippen molar-refractivity contribution in [2.75, 3.05) is 12.3 Å². The van der Waals surface area contributed by atoms with E-state index in [-0.39, 0.29) is 34.0 Å². The van der Waals surface area contributed by atoms with E-state index in [0.29, 0.717) is 0 Å². The van der Waals surface area contributed by atoms with Gasteiger partial charge >= 0.3 is 0 Å². The zero-order valence-electron chi connectivity index (χ0n) is 13.7. The Morgan fingerprint density at radius 3 is 2.62 bits per heavy atom. The van der Waals surface area contributed by atoms with Crippen LogP contribution in [0.15, 0.2) is 40.5 Å². The summed E-state index contributed by atoms with van der Waals surface area (Å²) in [5.41, 5.74) is 2.53. The predicted octanol–water partition coefficient (Wildman–Crippen LogP) is 2.19. The molecule has 0 spiro atoms. The maximum Gasteiger partial charge on any atom is 0.211 e. The molecule has 0 radical (unpaired) electrons. The molecule has 3 rings (SSSR count). The van der Waals surface area contributed by atoms with E-state index >= 15 is 0 Å². The molecule has 2 aliphatic rings. The van der Waals surface area contributed by atoms with E-state index in [1.165, 1.54) is 5.57 Å². The summed E-state index contributed by atoms with van der Waals surface area (Å²) >= 11 is 0. The van der Waals surface area contributed by atoms with Crippen LogP contribution < -0.4 is 5.32 Å². The molecule has 5 nitrogen and oxygen atoms in total. The lowest BCUT2D eigenvalue weighted by molar-refractivity contribution is 0.0973. The molecule has 0 bridgehead atoms. The Morgan fingerprint density at radius 1 is 1.17 bits per heavy atom. The number of hydrogen-bond donors (Lipinski definition) is 1. The summed E-state index contributed by atoms with van der Waals surface area (Å²) in [6.45, 7) is 4.18. The van der Waals surface area contributed by atoms with Crippen molar-refractivity contribution in [3.8, 4) is 0 Å². The number of fused-ring (bicyclic) bond motifs is 1. The Kier molecular flexibility index (Phi) is 4.17. The number of carbonyl (C=O) groups excluding carboxylic acids is 2. The number of allylic oxidation sites excluding steroid dienone is 4. The van der Waals surface area contributed by atoms with Gasteiger partial charge in [0.25, 0.3) is 0 Å². The number of hydrogen-bond acceptors (Lipinski definition) is 5. The molecule has 1 aromatic carbocycles. The van der Waals surface area contributed by atoms with Crippen molar-refractivity contribution in [3.63, 3.8) is 0 Å². The molecule has 126 valence electrons. The molecule has 0 saturated heterocycles. The third-order valence-electron chi connectivity index (χ3n) is 4.20. The van der Waals surface area contributed by atoms with E-state index in [4.69, 9.17) is 0 Å². The number of nitrogens with one attached hydrogen (secondary N) is 1. The molecular formula is C18H19NO4S. The maximum atomic E-state index is 12.7. The fourth-order valence-corrected chi connectivity index (χ4v) is 4.45. The van der Waals surface area contributed by atoms with Crippen LogP contribution in [0.1, 0.15) is 46.5 Å². The van der Waals surface area contributed by atoms with Crippen molar-refractivity contribution >= 4 is 21.4 Å². The van der Waals surface area contributed by atoms with Gasteiger partial charge in [-0.3, -0.25) is 9.59 Å². The van der Waals surface area contributed by atoms with E-state index in [0.717, 1.165) is 18.4 Å². The SMILES string of the molecule is CC(C)=CCCc1ccc2c(c1)C(=O)C1=C(NCCS1(=O)=O)C2=O. The Labute approximate surface area is 141 Å². The monoisotopic (exact) mass is 345 g/mol. The Hall–Kier alpha value is -2.21. The van der Waals surface area contributed by atoms with Gasteiger partial charge in [-0.1, -0.05) is 17.7 Å². The average Bonchev–Trinajstić information content (AvgIpc) is 2.51. The van der Waals surface area contributed by atoms with Gasteiger partial charge in [0.1, 0.15) is 10.6 Å². The van der Waals surface area contributed by atoms with Crippen LogP contribution in [-0.4, -0.2) is 32.3 Å². The van der Waals surface area contributed by atoms with E-state index in [2.05, 4.69) is 11.4 Å². The highest BCUT2D eigenvalue weighted by Crippen LogP contribution is 2.31. The highest BCUT2D eigenvalue weighted by atomic mass is 32.2. The molecule has 0 saturated carbocycles. The normalized spacial score (nSPS) is 18.6. The quantitative estimate of drug-likeness (QED) is 0.850. The van der Waals surface area contributed by atoms with Gasteiger partial charge in [-0.2, -0.15) is 0 Å². The fourth-order valence-electron chi connectivity index (χ4n) is 3.00. The second-order valence-corrected chi connectivity index (χ2v) is 8.35. The van der Waals surface area contributed by atoms with Gasteiger partial charge in [0.05, 0.1) is 5.75 Å². The van der Waals surface area contributed by atoms with Crippen LogP contribution in [-0.2, 0) is 16.3 Å². The minimum Gasteiger partial charge on any atom is -0.380 e. The molecule has 0 amide bonds. The molecule has 1 aromatic rings. The van der Waals surface area contributed by atoms with Gasteiger partial charge in [0, 0.05) is 17.7 Å². The van der Waals surface area contributed by atoms with Crippen molar-refractivity contribution in [2.45, 2.75) is 26.7 Å². The summed E-state index contributed by atoms with van der Waals surface area (Å²) in [4.78, 5) is 24.9. The summed E-state index contributed by atoms with van der Waals surface area (Å²) in [5, 5.41) is 2.78. The van der Waals surface area contributed by atoms with Crippen molar-refractivity contribution in [1.82, 2.24) is 5.32 Å². The first kappa shape index (κ1) is 16.6.